The lowest BCUT2D eigenvalue weighted by molar-refractivity contribution is -0.151. The Morgan fingerprint density at radius 1 is 0.800 bits per heavy atom. The highest BCUT2D eigenvalue weighted by molar-refractivity contribution is 8.00. The molecular weight excluding hydrogens is 802 g/mol. The SMILES string of the molecule is CC(=O)OCC1=C(C(=O)O)N2C(=O)[C@@H](NC(=O)Cc3cccs3)[C@H]2SC1.CC(=O)OCC1=C(C(=O)O)N2C(=O)[C@@H](NC(=O)[C@H](N)c3ccccc3)[C@H]2SC1.Cl. The van der Waals surface area contributed by atoms with Gasteiger partial charge in [-0.25, -0.2) is 9.59 Å². The first-order chi connectivity index (χ1) is 25.7. The molecule has 2 aromatic rings. The van der Waals surface area contributed by atoms with Crippen LogP contribution in [0.4, 0.5) is 0 Å². The van der Waals surface area contributed by atoms with Crippen molar-refractivity contribution in [2.75, 3.05) is 24.7 Å². The van der Waals surface area contributed by atoms with E-state index in [-0.39, 0.29) is 55.1 Å². The van der Waals surface area contributed by atoms with Gasteiger partial charge in [-0.15, -0.1) is 47.3 Å². The van der Waals surface area contributed by atoms with Crippen molar-refractivity contribution >= 4 is 94.8 Å². The largest absolute Gasteiger partial charge is 0.477 e. The van der Waals surface area contributed by atoms with Crippen molar-refractivity contribution in [1.82, 2.24) is 20.4 Å². The smallest absolute Gasteiger partial charge is 0.352 e. The van der Waals surface area contributed by atoms with E-state index >= 15 is 0 Å². The molecule has 17 nitrogen and oxygen atoms in total. The molecule has 2 fully saturated rings. The number of carbonyl (C=O) groups excluding carboxylic acids is 6. The Hall–Kier alpha value is -4.89. The maximum atomic E-state index is 12.5. The number of carboxylic acid groups (broad SMARTS) is 2. The standard InChI is InChI=1S/C18H19N3O6S.C16H16N2O6S2.ClH/c1-9(22)27-7-11-8-28-17-13(16(24)21(17)14(11)18(25)26)20-15(23)12(19)10-5-3-2-4-6-10;1-8(19)24-6-9-7-26-15-12(14(21)18(15)13(9)16(22)23)17-11(20)5-10-3-2-4-25-10;/h2-6,12-13,17H,7-8,19H2,1H3,(H,20,23)(H,25,26);2-4,12,15H,5-7H2,1H3,(H,17,20)(H,22,23);1H/t12-,13-,17-;12-,15-;/m11./s1. The number of esters is 2. The monoisotopic (exact) mass is 837 g/mol. The normalized spacial score (nSPS) is 21.5. The van der Waals surface area contributed by atoms with Crippen molar-refractivity contribution in [3.8, 4) is 0 Å². The van der Waals surface area contributed by atoms with Gasteiger partial charge in [0.1, 0.15) is 53.5 Å². The molecular formula is C34H36ClN5O12S3. The van der Waals surface area contributed by atoms with E-state index in [2.05, 4.69) is 10.6 Å². The van der Waals surface area contributed by atoms with Crippen LogP contribution in [0.1, 0.15) is 30.3 Å². The first-order valence-corrected chi connectivity index (χ1v) is 19.2. The number of thiophene rings is 1. The van der Waals surface area contributed by atoms with Crippen LogP contribution in [0.2, 0.25) is 0 Å². The predicted molar refractivity (Wildman–Crippen MR) is 201 cm³/mol. The summed E-state index contributed by atoms with van der Waals surface area (Å²) in [6, 6.07) is 9.85. The van der Waals surface area contributed by atoms with Gasteiger partial charge in [-0.2, -0.15) is 0 Å². The van der Waals surface area contributed by atoms with Gasteiger partial charge in [-0.3, -0.25) is 38.6 Å². The number of amides is 4. The van der Waals surface area contributed by atoms with Crippen LogP contribution < -0.4 is 16.4 Å². The van der Waals surface area contributed by atoms with E-state index < -0.39 is 70.5 Å². The Morgan fingerprint density at radius 3 is 1.73 bits per heavy atom. The lowest BCUT2D eigenvalue weighted by Gasteiger charge is -2.49. The summed E-state index contributed by atoms with van der Waals surface area (Å²) >= 11 is 4.08. The number of halogens is 1. The Bertz CT molecular complexity index is 1930. The number of nitrogens with zero attached hydrogens (tertiary/aromatic N) is 2. The molecule has 1 aromatic carbocycles. The van der Waals surface area contributed by atoms with Crippen molar-refractivity contribution < 1.29 is 58.0 Å². The van der Waals surface area contributed by atoms with E-state index in [4.69, 9.17) is 15.2 Å². The minimum Gasteiger partial charge on any atom is -0.477 e. The third kappa shape index (κ3) is 9.68. The second-order valence-corrected chi connectivity index (χ2v) is 15.3. The highest BCUT2D eigenvalue weighted by Gasteiger charge is 2.55. The van der Waals surface area contributed by atoms with Crippen LogP contribution in [0, 0.1) is 0 Å². The number of hydrogen-bond acceptors (Lipinski definition) is 14. The fourth-order valence-electron chi connectivity index (χ4n) is 5.82. The molecule has 6 rings (SSSR count). The third-order valence-electron chi connectivity index (χ3n) is 8.37. The van der Waals surface area contributed by atoms with E-state index in [1.54, 1.807) is 30.3 Å². The average Bonchev–Trinajstić information content (AvgIpc) is 3.66. The fraction of sp³-hybridized carbons (Fsp3) is 0.353. The summed E-state index contributed by atoms with van der Waals surface area (Å²) in [7, 11) is 0. The summed E-state index contributed by atoms with van der Waals surface area (Å²) in [4.78, 5) is 97.9. The van der Waals surface area contributed by atoms with E-state index in [0.717, 1.165) is 14.7 Å². The molecule has 6 N–H and O–H groups in total. The number of hydrogen-bond donors (Lipinski definition) is 5. The number of fused-ring (bicyclic) bond motifs is 2. The second kappa shape index (κ2) is 18.6. The zero-order chi connectivity index (χ0) is 39.3. The van der Waals surface area contributed by atoms with Crippen LogP contribution in [0.25, 0.3) is 0 Å². The van der Waals surface area contributed by atoms with E-state index in [9.17, 15) is 48.6 Å². The van der Waals surface area contributed by atoms with Crippen molar-refractivity contribution in [3.05, 3.63) is 80.8 Å². The lowest BCUT2D eigenvalue weighted by Crippen LogP contribution is -2.71. The quantitative estimate of drug-likeness (QED) is 0.148. The van der Waals surface area contributed by atoms with Crippen LogP contribution in [0.15, 0.2) is 70.4 Å². The molecule has 0 spiro atoms. The van der Waals surface area contributed by atoms with Gasteiger partial charge in [0, 0.05) is 41.4 Å². The summed E-state index contributed by atoms with van der Waals surface area (Å²) < 4.78 is 9.75. The number of benzene rings is 1. The van der Waals surface area contributed by atoms with Gasteiger partial charge in [0.15, 0.2) is 0 Å². The Kier molecular flexibility index (Phi) is 14.5. The van der Waals surface area contributed by atoms with Crippen molar-refractivity contribution in [1.29, 1.82) is 0 Å². The van der Waals surface area contributed by atoms with Crippen LogP contribution in [0.5, 0.6) is 0 Å². The maximum Gasteiger partial charge on any atom is 0.352 e. The van der Waals surface area contributed by atoms with Gasteiger partial charge < -0.3 is 36.1 Å². The molecule has 4 aliphatic rings. The number of nitrogens with one attached hydrogen (secondary N) is 2. The van der Waals surface area contributed by atoms with E-state index in [0.29, 0.717) is 22.5 Å². The topological polar surface area (TPSA) is 252 Å². The number of carboxylic acids is 2. The zero-order valence-electron chi connectivity index (χ0n) is 29.1. The van der Waals surface area contributed by atoms with Crippen LogP contribution in [-0.4, -0.2) is 115 Å². The third-order valence-corrected chi connectivity index (χ3v) is 11.9. The summed E-state index contributed by atoms with van der Waals surface area (Å²) in [5.41, 5.74) is 6.89. The second-order valence-electron chi connectivity index (χ2n) is 12.1. The molecule has 2 saturated heterocycles. The molecule has 294 valence electrons. The average molecular weight is 838 g/mol. The van der Waals surface area contributed by atoms with Crippen molar-refractivity contribution in [2.45, 2.75) is 49.1 Å². The number of nitrogens with two attached hydrogens (primary N) is 1. The Morgan fingerprint density at radius 2 is 1.29 bits per heavy atom. The Balaban J connectivity index is 0.000000241. The molecule has 4 amide bonds. The molecule has 21 heteroatoms. The zero-order valence-corrected chi connectivity index (χ0v) is 32.4. The number of ether oxygens (including phenoxy) is 2. The number of carbonyl (C=O) groups is 8. The lowest BCUT2D eigenvalue weighted by atomic mass is 10.0. The summed E-state index contributed by atoms with van der Waals surface area (Å²) in [6.07, 6.45) is 0.179. The molecule has 4 aliphatic heterocycles. The Labute approximate surface area is 332 Å². The number of rotatable bonds is 12. The van der Waals surface area contributed by atoms with Crippen LogP contribution in [-0.2, 0) is 54.3 Å². The van der Waals surface area contributed by atoms with Gasteiger partial charge in [0.2, 0.25) is 11.8 Å². The summed E-state index contributed by atoms with van der Waals surface area (Å²) in [5.74, 6) is -4.85. The highest BCUT2D eigenvalue weighted by atomic mass is 35.5. The summed E-state index contributed by atoms with van der Waals surface area (Å²) in [6.45, 7) is 2.08. The van der Waals surface area contributed by atoms with Gasteiger partial charge in [-0.1, -0.05) is 36.4 Å². The van der Waals surface area contributed by atoms with Gasteiger partial charge in [0.05, 0.1) is 6.42 Å². The van der Waals surface area contributed by atoms with E-state index in [1.807, 2.05) is 17.5 Å². The molecule has 0 unspecified atom stereocenters. The first kappa shape index (κ1) is 42.8. The summed E-state index contributed by atoms with van der Waals surface area (Å²) in [5, 5.41) is 25.1. The highest BCUT2D eigenvalue weighted by Crippen LogP contribution is 2.41. The molecule has 5 heterocycles. The van der Waals surface area contributed by atoms with Crippen molar-refractivity contribution in [2.24, 2.45) is 5.73 Å². The van der Waals surface area contributed by atoms with Gasteiger partial charge >= 0.3 is 23.9 Å². The molecule has 0 bridgehead atoms. The van der Waals surface area contributed by atoms with Crippen molar-refractivity contribution in [3.63, 3.8) is 0 Å². The molecule has 0 saturated carbocycles. The minimum atomic E-state index is -1.29. The molecule has 0 radical (unpaired) electrons. The van der Waals surface area contributed by atoms with Crippen LogP contribution in [0.3, 0.4) is 0 Å². The van der Waals surface area contributed by atoms with Gasteiger partial charge in [0.25, 0.3) is 11.8 Å². The van der Waals surface area contributed by atoms with Crippen LogP contribution >= 0.6 is 47.3 Å². The van der Waals surface area contributed by atoms with Gasteiger partial charge in [-0.05, 0) is 17.0 Å². The number of β-lactam (4-membered cyclic amide) rings is 2. The molecule has 1 aromatic heterocycles. The molecule has 0 aliphatic carbocycles. The number of thioether (sulfide) groups is 2. The van der Waals surface area contributed by atoms with E-state index in [1.165, 1.54) is 48.7 Å². The predicted octanol–water partition coefficient (Wildman–Crippen LogP) is 1.00. The minimum absolute atomic E-state index is 0. The molecule has 5 atom stereocenters. The molecule has 55 heavy (non-hydrogen) atoms. The maximum absolute atomic E-state index is 12.5. The fourth-order valence-corrected chi connectivity index (χ4v) is 9.17. The number of aliphatic carboxylic acids is 2. The first-order valence-electron chi connectivity index (χ1n) is 16.2.